The topological polar surface area (TPSA) is 78.9 Å². The molecule has 0 bridgehead atoms. The Morgan fingerprint density at radius 2 is 0.551 bits per heavy atom. The molecular formula is C63H122O6. The van der Waals surface area contributed by atoms with Gasteiger partial charge in [0.25, 0.3) is 0 Å². The van der Waals surface area contributed by atoms with Gasteiger partial charge in [0, 0.05) is 19.3 Å². The van der Waals surface area contributed by atoms with Crippen LogP contribution < -0.4 is 0 Å². The Bertz CT molecular complexity index is 1060. The molecule has 0 saturated heterocycles. The summed E-state index contributed by atoms with van der Waals surface area (Å²) in [4.78, 5) is 38.3. The maximum absolute atomic E-state index is 12.9. The molecule has 0 radical (unpaired) electrons. The molecule has 0 amide bonds. The number of esters is 3. The summed E-state index contributed by atoms with van der Waals surface area (Å²) in [6, 6.07) is 0. The molecule has 0 spiro atoms. The number of hydrogen-bond acceptors (Lipinski definition) is 6. The number of rotatable bonds is 57. The number of ether oxygens (including phenoxy) is 3. The molecule has 0 rings (SSSR count). The van der Waals surface area contributed by atoms with Gasteiger partial charge in [-0.1, -0.05) is 317 Å². The van der Waals surface area contributed by atoms with Crippen LogP contribution in [0.3, 0.4) is 0 Å². The van der Waals surface area contributed by atoms with E-state index in [2.05, 4.69) is 34.6 Å². The van der Waals surface area contributed by atoms with E-state index in [0.29, 0.717) is 19.3 Å². The van der Waals surface area contributed by atoms with E-state index in [1.165, 1.54) is 244 Å². The predicted octanol–water partition coefficient (Wildman–Crippen LogP) is 20.8. The quantitative estimate of drug-likeness (QED) is 0.0343. The summed E-state index contributed by atoms with van der Waals surface area (Å²) in [6.45, 7) is 11.5. The van der Waals surface area contributed by atoms with Gasteiger partial charge in [0.15, 0.2) is 6.10 Å². The van der Waals surface area contributed by atoms with Crippen LogP contribution in [-0.4, -0.2) is 37.2 Å². The van der Waals surface area contributed by atoms with Crippen molar-refractivity contribution in [3.05, 3.63) is 0 Å². The van der Waals surface area contributed by atoms with Crippen molar-refractivity contribution in [2.45, 2.75) is 362 Å². The SMILES string of the molecule is CCCCCCCCCCCCCCCCCCCCCC(=O)O[C@@H](COC(=O)CCCCCCCCCCCCCCCCCC(C)C)COC(=O)CCCCCCCCCCCCC(C)CC. The second-order valence-electron chi connectivity index (χ2n) is 22.4. The van der Waals surface area contributed by atoms with E-state index in [9.17, 15) is 14.4 Å². The molecule has 0 heterocycles. The number of carbonyl (C=O) groups excluding carboxylic acids is 3. The van der Waals surface area contributed by atoms with Gasteiger partial charge >= 0.3 is 17.9 Å². The standard InChI is InChI=1S/C63H122O6/c1-6-8-9-10-11-12-13-14-15-16-17-18-21-25-28-35-40-45-50-55-63(66)69-60(57-68-62(65)54-49-44-39-34-30-29-32-37-42-47-52-59(5)7-2)56-67-61(64)53-48-43-38-33-27-24-22-19-20-23-26-31-36-41-46-51-58(3)4/h58-60H,6-57H2,1-5H3/t59?,60-/m0/s1. The lowest BCUT2D eigenvalue weighted by Crippen LogP contribution is -2.30. The molecular weight excluding hydrogens is 853 g/mol. The molecule has 0 fully saturated rings. The van der Waals surface area contributed by atoms with Crippen LogP contribution in [0.1, 0.15) is 356 Å². The molecule has 69 heavy (non-hydrogen) atoms. The third kappa shape index (κ3) is 55.6. The lowest BCUT2D eigenvalue weighted by molar-refractivity contribution is -0.167. The van der Waals surface area contributed by atoms with Gasteiger partial charge in [-0.05, 0) is 31.1 Å². The summed E-state index contributed by atoms with van der Waals surface area (Å²) < 4.78 is 16.9. The number of hydrogen-bond donors (Lipinski definition) is 0. The Balaban J connectivity index is 4.29. The molecule has 0 aliphatic rings. The summed E-state index contributed by atoms with van der Waals surface area (Å²) >= 11 is 0. The van der Waals surface area contributed by atoms with Gasteiger partial charge in [0.2, 0.25) is 0 Å². The van der Waals surface area contributed by atoms with E-state index >= 15 is 0 Å². The molecule has 6 heteroatoms. The molecule has 0 aromatic heterocycles. The highest BCUT2D eigenvalue weighted by Crippen LogP contribution is 2.19. The molecule has 0 aliphatic heterocycles. The van der Waals surface area contributed by atoms with Crippen LogP contribution in [0.5, 0.6) is 0 Å². The fraction of sp³-hybridized carbons (Fsp3) is 0.952. The Morgan fingerprint density at radius 3 is 0.826 bits per heavy atom. The third-order valence-corrected chi connectivity index (χ3v) is 14.8. The second kappa shape index (κ2) is 55.7. The average Bonchev–Trinajstić information content (AvgIpc) is 3.34. The van der Waals surface area contributed by atoms with E-state index in [4.69, 9.17) is 14.2 Å². The first kappa shape index (κ1) is 67.4. The molecule has 2 atom stereocenters. The van der Waals surface area contributed by atoms with Crippen LogP contribution in [0.15, 0.2) is 0 Å². The minimum absolute atomic E-state index is 0.0623. The minimum atomic E-state index is -0.764. The Morgan fingerprint density at radius 1 is 0.304 bits per heavy atom. The van der Waals surface area contributed by atoms with E-state index in [0.717, 1.165) is 69.6 Å². The summed E-state index contributed by atoms with van der Waals surface area (Å²) in [6.07, 6.45) is 60.9. The highest BCUT2D eigenvalue weighted by molar-refractivity contribution is 5.71. The molecule has 0 aromatic rings. The van der Waals surface area contributed by atoms with Gasteiger partial charge in [-0.2, -0.15) is 0 Å². The molecule has 0 N–H and O–H groups in total. The first-order valence-corrected chi connectivity index (χ1v) is 31.3. The van der Waals surface area contributed by atoms with Crippen molar-refractivity contribution in [2.75, 3.05) is 13.2 Å². The van der Waals surface area contributed by atoms with Crippen LogP contribution in [-0.2, 0) is 28.6 Å². The molecule has 1 unspecified atom stereocenters. The summed E-state index contributed by atoms with van der Waals surface area (Å²) in [5.41, 5.74) is 0. The van der Waals surface area contributed by atoms with E-state index in [-0.39, 0.29) is 31.1 Å². The van der Waals surface area contributed by atoms with E-state index < -0.39 is 6.10 Å². The molecule has 410 valence electrons. The zero-order valence-electron chi connectivity index (χ0n) is 47.5. The van der Waals surface area contributed by atoms with Crippen LogP contribution in [0.2, 0.25) is 0 Å². The maximum Gasteiger partial charge on any atom is 0.306 e. The van der Waals surface area contributed by atoms with Crippen molar-refractivity contribution >= 4 is 17.9 Å². The first-order chi connectivity index (χ1) is 33.8. The average molecular weight is 976 g/mol. The van der Waals surface area contributed by atoms with Crippen molar-refractivity contribution in [3.8, 4) is 0 Å². The minimum Gasteiger partial charge on any atom is -0.462 e. The highest BCUT2D eigenvalue weighted by atomic mass is 16.6. The predicted molar refractivity (Wildman–Crippen MR) is 298 cm³/mol. The Hall–Kier alpha value is -1.59. The lowest BCUT2D eigenvalue weighted by Gasteiger charge is -2.18. The van der Waals surface area contributed by atoms with Gasteiger partial charge in [-0.3, -0.25) is 14.4 Å². The van der Waals surface area contributed by atoms with Crippen LogP contribution in [0.4, 0.5) is 0 Å². The second-order valence-corrected chi connectivity index (χ2v) is 22.4. The normalized spacial score (nSPS) is 12.4. The van der Waals surface area contributed by atoms with Crippen LogP contribution in [0, 0.1) is 11.8 Å². The smallest absolute Gasteiger partial charge is 0.306 e. The fourth-order valence-electron chi connectivity index (χ4n) is 9.73. The van der Waals surface area contributed by atoms with Crippen LogP contribution >= 0.6 is 0 Å². The van der Waals surface area contributed by atoms with Gasteiger partial charge in [-0.15, -0.1) is 0 Å². The number of carbonyl (C=O) groups is 3. The first-order valence-electron chi connectivity index (χ1n) is 31.3. The molecule has 0 saturated carbocycles. The monoisotopic (exact) mass is 975 g/mol. The third-order valence-electron chi connectivity index (χ3n) is 14.8. The fourth-order valence-corrected chi connectivity index (χ4v) is 9.73. The summed E-state index contributed by atoms with van der Waals surface area (Å²) in [5, 5.41) is 0. The highest BCUT2D eigenvalue weighted by Gasteiger charge is 2.19. The van der Waals surface area contributed by atoms with Gasteiger partial charge < -0.3 is 14.2 Å². The molecule has 6 nitrogen and oxygen atoms in total. The summed E-state index contributed by atoms with van der Waals surface area (Å²) in [5.74, 6) is 0.884. The number of unbranched alkanes of at least 4 members (excludes halogenated alkanes) is 41. The molecule has 0 aromatic carbocycles. The summed E-state index contributed by atoms with van der Waals surface area (Å²) in [7, 11) is 0. The van der Waals surface area contributed by atoms with Crippen molar-refractivity contribution < 1.29 is 28.6 Å². The van der Waals surface area contributed by atoms with Gasteiger partial charge in [0.1, 0.15) is 13.2 Å². The zero-order chi connectivity index (χ0) is 50.4. The Kier molecular flexibility index (Phi) is 54.4. The maximum atomic E-state index is 12.9. The van der Waals surface area contributed by atoms with Crippen molar-refractivity contribution in [2.24, 2.45) is 11.8 Å². The largest absolute Gasteiger partial charge is 0.462 e. The van der Waals surface area contributed by atoms with Crippen molar-refractivity contribution in [1.82, 2.24) is 0 Å². The van der Waals surface area contributed by atoms with Crippen LogP contribution in [0.25, 0.3) is 0 Å². The van der Waals surface area contributed by atoms with Crippen molar-refractivity contribution in [1.29, 1.82) is 0 Å². The van der Waals surface area contributed by atoms with Gasteiger partial charge in [-0.25, -0.2) is 0 Å². The van der Waals surface area contributed by atoms with Crippen molar-refractivity contribution in [3.63, 3.8) is 0 Å². The zero-order valence-corrected chi connectivity index (χ0v) is 47.5. The molecule has 0 aliphatic carbocycles. The van der Waals surface area contributed by atoms with E-state index in [1.54, 1.807) is 0 Å². The van der Waals surface area contributed by atoms with E-state index in [1.807, 2.05) is 0 Å². The van der Waals surface area contributed by atoms with Gasteiger partial charge in [0.05, 0.1) is 0 Å². The lowest BCUT2D eigenvalue weighted by atomic mass is 9.99. The Labute approximate surface area is 431 Å².